The first kappa shape index (κ1) is 12.3. The summed E-state index contributed by atoms with van der Waals surface area (Å²) in [5.74, 6) is 0. The Morgan fingerprint density at radius 1 is 1.62 bits per heavy atom. The summed E-state index contributed by atoms with van der Waals surface area (Å²) in [6, 6.07) is 4.44. The van der Waals surface area contributed by atoms with Gasteiger partial charge >= 0.3 is 0 Å². The molecule has 6 nitrogen and oxygen atoms in total. The third-order valence-corrected chi connectivity index (χ3v) is 2.54. The van der Waals surface area contributed by atoms with E-state index in [1.165, 1.54) is 12.1 Å². The number of nitrogens with two attached hydrogens (primary N) is 1. The lowest BCUT2D eigenvalue weighted by Gasteiger charge is -2.25. The maximum Gasteiger partial charge on any atom is 0.292 e. The molecule has 3 N–H and O–H groups in total. The van der Waals surface area contributed by atoms with Crippen LogP contribution in [0, 0.1) is 10.1 Å². The van der Waals surface area contributed by atoms with E-state index in [4.69, 9.17) is 10.8 Å². The number of hydrogen-bond acceptors (Lipinski definition) is 5. The van der Waals surface area contributed by atoms with Crippen molar-refractivity contribution in [1.29, 1.82) is 0 Å². The molecule has 0 aliphatic carbocycles. The summed E-state index contributed by atoms with van der Waals surface area (Å²) in [5.41, 5.74) is 6.33. The lowest BCUT2D eigenvalue weighted by molar-refractivity contribution is -0.383. The van der Waals surface area contributed by atoms with Gasteiger partial charge in [0.05, 0.1) is 11.5 Å². The highest BCUT2D eigenvalue weighted by atomic mass is 16.6. The zero-order valence-electron chi connectivity index (χ0n) is 9.25. The van der Waals surface area contributed by atoms with Crippen LogP contribution in [0.15, 0.2) is 18.2 Å². The van der Waals surface area contributed by atoms with E-state index in [1.54, 1.807) is 18.0 Å². The summed E-state index contributed by atoms with van der Waals surface area (Å²) in [6.45, 7) is 1.85. The van der Waals surface area contributed by atoms with Crippen LogP contribution in [0.5, 0.6) is 0 Å². The van der Waals surface area contributed by atoms with Gasteiger partial charge in [0.15, 0.2) is 0 Å². The van der Waals surface area contributed by atoms with Crippen molar-refractivity contribution in [3.8, 4) is 0 Å². The van der Waals surface area contributed by atoms with Gasteiger partial charge in [0.2, 0.25) is 0 Å². The Hall–Kier alpha value is -1.82. The summed E-state index contributed by atoms with van der Waals surface area (Å²) in [6.07, 6.45) is 0. The lowest BCUT2D eigenvalue weighted by Crippen LogP contribution is -2.31. The van der Waals surface area contributed by atoms with Gasteiger partial charge in [-0.2, -0.15) is 0 Å². The molecule has 16 heavy (non-hydrogen) atoms. The first-order valence-corrected chi connectivity index (χ1v) is 4.85. The molecule has 0 aromatic heterocycles. The average Bonchev–Trinajstić information content (AvgIpc) is 2.26. The van der Waals surface area contributed by atoms with Crippen LogP contribution in [0.2, 0.25) is 0 Å². The van der Waals surface area contributed by atoms with Gasteiger partial charge in [0.25, 0.3) is 5.69 Å². The van der Waals surface area contributed by atoms with Crippen molar-refractivity contribution in [2.75, 3.05) is 24.3 Å². The van der Waals surface area contributed by atoms with Crippen LogP contribution in [0.1, 0.15) is 6.92 Å². The molecule has 0 spiro atoms. The molecule has 1 atom stereocenters. The van der Waals surface area contributed by atoms with Crippen molar-refractivity contribution in [3.05, 3.63) is 28.3 Å². The molecule has 0 saturated carbocycles. The van der Waals surface area contributed by atoms with E-state index in [9.17, 15) is 10.1 Å². The highest BCUT2D eigenvalue weighted by Gasteiger charge is 2.14. The van der Waals surface area contributed by atoms with Crippen LogP contribution < -0.4 is 10.6 Å². The monoisotopic (exact) mass is 225 g/mol. The van der Waals surface area contributed by atoms with Gasteiger partial charge in [-0.1, -0.05) is 0 Å². The molecule has 88 valence electrons. The van der Waals surface area contributed by atoms with Gasteiger partial charge in [0, 0.05) is 24.8 Å². The van der Waals surface area contributed by atoms with E-state index in [2.05, 4.69) is 0 Å². The van der Waals surface area contributed by atoms with Crippen LogP contribution in [-0.4, -0.2) is 29.7 Å². The van der Waals surface area contributed by atoms with Crippen molar-refractivity contribution in [1.82, 2.24) is 0 Å². The second-order valence-corrected chi connectivity index (χ2v) is 3.64. The second-order valence-electron chi connectivity index (χ2n) is 3.64. The smallest absolute Gasteiger partial charge is 0.292 e. The first-order chi connectivity index (χ1) is 7.47. The van der Waals surface area contributed by atoms with Crippen LogP contribution in [0.25, 0.3) is 0 Å². The number of aliphatic hydroxyl groups is 1. The molecule has 1 rings (SSSR count). The van der Waals surface area contributed by atoms with Gasteiger partial charge in [0.1, 0.15) is 5.69 Å². The highest BCUT2D eigenvalue weighted by molar-refractivity contribution is 5.66. The Labute approximate surface area is 93.4 Å². The number of nitrogen functional groups attached to an aromatic ring is 1. The quantitative estimate of drug-likeness (QED) is 0.453. The summed E-state index contributed by atoms with van der Waals surface area (Å²) in [7, 11) is 1.79. The fourth-order valence-corrected chi connectivity index (χ4v) is 1.30. The topological polar surface area (TPSA) is 92.6 Å². The third kappa shape index (κ3) is 2.40. The molecule has 0 aliphatic heterocycles. The molecular formula is C10H15N3O3. The van der Waals surface area contributed by atoms with Crippen molar-refractivity contribution < 1.29 is 10.0 Å². The fraction of sp³-hybridized carbons (Fsp3) is 0.400. The van der Waals surface area contributed by atoms with Gasteiger partial charge in [-0.05, 0) is 19.1 Å². The maximum atomic E-state index is 10.6. The van der Waals surface area contributed by atoms with Gasteiger partial charge < -0.3 is 15.7 Å². The molecule has 0 fully saturated rings. The minimum Gasteiger partial charge on any atom is -0.394 e. The Bertz CT molecular complexity index is 395. The van der Waals surface area contributed by atoms with E-state index in [0.29, 0.717) is 0 Å². The number of anilines is 2. The molecule has 0 bridgehead atoms. The Balaban J connectivity index is 3.01. The SMILES string of the molecule is CC(CO)N(C)c1ccc([N+](=O)[O-])c(N)c1. The van der Waals surface area contributed by atoms with E-state index < -0.39 is 4.92 Å². The number of aliphatic hydroxyl groups excluding tert-OH is 1. The Morgan fingerprint density at radius 2 is 2.25 bits per heavy atom. The minimum absolute atomic E-state index is 0.00733. The van der Waals surface area contributed by atoms with Crippen molar-refractivity contribution in [2.45, 2.75) is 13.0 Å². The lowest BCUT2D eigenvalue weighted by atomic mass is 10.2. The van der Waals surface area contributed by atoms with Gasteiger partial charge in [-0.15, -0.1) is 0 Å². The molecule has 0 radical (unpaired) electrons. The normalized spacial score (nSPS) is 12.2. The summed E-state index contributed by atoms with van der Waals surface area (Å²) < 4.78 is 0. The summed E-state index contributed by atoms with van der Waals surface area (Å²) in [4.78, 5) is 11.9. The molecule has 0 heterocycles. The molecule has 0 amide bonds. The van der Waals surface area contributed by atoms with E-state index in [-0.39, 0.29) is 24.0 Å². The average molecular weight is 225 g/mol. The molecular weight excluding hydrogens is 210 g/mol. The third-order valence-electron chi connectivity index (χ3n) is 2.54. The largest absolute Gasteiger partial charge is 0.394 e. The molecule has 1 unspecified atom stereocenters. The van der Waals surface area contributed by atoms with Crippen molar-refractivity contribution in [2.24, 2.45) is 0 Å². The van der Waals surface area contributed by atoms with Crippen molar-refractivity contribution in [3.63, 3.8) is 0 Å². The van der Waals surface area contributed by atoms with E-state index in [0.717, 1.165) is 5.69 Å². The number of nitro groups is 1. The fourth-order valence-electron chi connectivity index (χ4n) is 1.30. The first-order valence-electron chi connectivity index (χ1n) is 4.85. The molecule has 0 saturated heterocycles. The number of hydrogen-bond donors (Lipinski definition) is 2. The van der Waals surface area contributed by atoms with E-state index >= 15 is 0 Å². The van der Waals surface area contributed by atoms with Crippen LogP contribution >= 0.6 is 0 Å². The Kier molecular flexibility index (Phi) is 3.68. The van der Waals surface area contributed by atoms with E-state index in [1.807, 2.05) is 6.92 Å². The van der Waals surface area contributed by atoms with Crippen LogP contribution in [-0.2, 0) is 0 Å². The van der Waals surface area contributed by atoms with Crippen LogP contribution in [0.4, 0.5) is 17.1 Å². The number of likely N-dealkylation sites (N-methyl/N-ethyl adjacent to an activating group) is 1. The van der Waals surface area contributed by atoms with Crippen LogP contribution in [0.3, 0.4) is 0 Å². The molecule has 0 aliphatic rings. The molecule has 1 aromatic carbocycles. The number of nitro benzene ring substituents is 1. The highest BCUT2D eigenvalue weighted by Crippen LogP contribution is 2.27. The standard InChI is InChI=1S/C10H15N3O3/c1-7(6-14)12(2)8-3-4-10(13(15)16)9(11)5-8/h3-5,7,14H,6,11H2,1-2H3. The summed E-state index contributed by atoms with van der Waals surface area (Å²) in [5, 5.41) is 19.6. The number of benzene rings is 1. The second kappa shape index (κ2) is 4.80. The zero-order chi connectivity index (χ0) is 12.3. The minimum atomic E-state index is -0.519. The Morgan fingerprint density at radius 3 is 2.69 bits per heavy atom. The number of nitrogens with zero attached hydrogens (tertiary/aromatic N) is 2. The zero-order valence-corrected chi connectivity index (χ0v) is 9.25. The van der Waals surface area contributed by atoms with Gasteiger partial charge in [-0.25, -0.2) is 0 Å². The number of rotatable bonds is 4. The maximum absolute atomic E-state index is 10.6. The molecule has 1 aromatic rings. The summed E-state index contributed by atoms with van der Waals surface area (Å²) >= 11 is 0. The predicted molar refractivity (Wildman–Crippen MR) is 62.5 cm³/mol. The predicted octanol–water partition coefficient (Wildman–Crippen LogP) is 0.994. The molecule has 6 heteroatoms. The van der Waals surface area contributed by atoms with Crippen molar-refractivity contribution >= 4 is 17.1 Å². The van der Waals surface area contributed by atoms with Gasteiger partial charge in [-0.3, -0.25) is 10.1 Å².